The number of nitrogen functional groups attached to an aromatic ring is 1. The molecule has 2 N–H and O–H groups in total. The van der Waals surface area contributed by atoms with Crippen LogP contribution in [0.2, 0.25) is 0 Å². The van der Waals surface area contributed by atoms with Crippen LogP contribution < -0.4 is 5.73 Å². The molecular weight excluding hydrogens is 201 g/mol. The molecule has 0 atom stereocenters. The molecule has 0 aliphatic carbocycles. The quantitative estimate of drug-likeness (QED) is 0.721. The van der Waals surface area contributed by atoms with Crippen molar-refractivity contribution >= 4 is 5.69 Å². The van der Waals surface area contributed by atoms with E-state index in [0.717, 1.165) is 16.7 Å². The van der Waals surface area contributed by atoms with Crippen LogP contribution in [0, 0.1) is 19.7 Å². The summed E-state index contributed by atoms with van der Waals surface area (Å²) in [6.45, 7) is 3.86. The zero-order valence-corrected chi connectivity index (χ0v) is 9.42. The number of rotatable bonds is 1. The van der Waals surface area contributed by atoms with E-state index in [-0.39, 0.29) is 5.82 Å². The van der Waals surface area contributed by atoms with E-state index in [1.54, 1.807) is 6.07 Å². The van der Waals surface area contributed by atoms with Gasteiger partial charge in [0.05, 0.1) is 0 Å². The number of aryl methyl sites for hydroxylation is 2. The monoisotopic (exact) mass is 215 g/mol. The van der Waals surface area contributed by atoms with E-state index in [2.05, 4.69) is 0 Å². The fourth-order valence-corrected chi connectivity index (χ4v) is 1.78. The number of hydrogen-bond donors (Lipinski definition) is 1. The van der Waals surface area contributed by atoms with E-state index >= 15 is 0 Å². The average molecular weight is 215 g/mol. The fourth-order valence-electron chi connectivity index (χ4n) is 1.78. The Balaban J connectivity index is 2.65. The summed E-state index contributed by atoms with van der Waals surface area (Å²) >= 11 is 0. The highest BCUT2D eigenvalue weighted by Crippen LogP contribution is 2.29. The summed E-state index contributed by atoms with van der Waals surface area (Å²) in [6, 6.07) is 10.9. The van der Waals surface area contributed by atoms with Gasteiger partial charge >= 0.3 is 0 Å². The largest absolute Gasteiger partial charge is 0.398 e. The first-order valence-corrected chi connectivity index (χ1v) is 5.21. The molecule has 1 nitrogen and oxygen atoms in total. The Morgan fingerprint density at radius 3 is 2.31 bits per heavy atom. The minimum absolute atomic E-state index is 0.266. The summed E-state index contributed by atoms with van der Waals surface area (Å²) < 4.78 is 13.8. The zero-order chi connectivity index (χ0) is 11.7. The Hall–Kier alpha value is -1.83. The maximum Gasteiger partial charge on any atom is 0.133 e. The van der Waals surface area contributed by atoms with E-state index in [1.807, 2.05) is 38.1 Å². The molecule has 0 saturated heterocycles. The molecule has 2 heteroatoms. The van der Waals surface area contributed by atoms with Gasteiger partial charge in [0.1, 0.15) is 5.82 Å². The molecule has 0 bridgehead atoms. The summed E-state index contributed by atoms with van der Waals surface area (Å²) in [5.41, 5.74) is 9.66. The van der Waals surface area contributed by atoms with Gasteiger partial charge in [-0.25, -0.2) is 4.39 Å². The summed E-state index contributed by atoms with van der Waals surface area (Å²) in [5.74, 6) is -0.266. The summed E-state index contributed by atoms with van der Waals surface area (Å²) in [7, 11) is 0. The van der Waals surface area contributed by atoms with Gasteiger partial charge in [-0.3, -0.25) is 0 Å². The minimum Gasteiger partial charge on any atom is -0.398 e. The van der Waals surface area contributed by atoms with E-state index in [4.69, 9.17) is 5.73 Å². The highest BCUT2D eigenvalue weighted by molar-refractivity contribution is 5.71. The van der Waals surface area contributed by atoms with Crippen LogP contribution in [-0.4, -0.2) is 0 Å². The Bertz CT molecular complexity index is 532. The lowest BCUT2D eigenvalue weighted by Crippen LogP contribution is -1.94. The lowest BCUT2D eigenvalue weighted by Gasteiger charge is -2.09. The van der Waals surface area contributed by atoms with Gasteiger partial charge in [-0.2, -0.15) is 0 Å². The normalized spacial score (nSPS) is 10.4. The van der Waals surface area contributed by atoms with E-state index in [9.17, 15) is 4.39 Å². The lowest BCUT2D eigenvalue weighted by atomic mass is 9.98. The Labute approximate surface area is 94.7 Å². The molecule has 0 heterocycles. The fraction of sp³-hybridized carbons (Fsp3) is 0.143. The van der Waals surface area contributed by atoms with Crippen molar-refractivity contribution in [2.24, 2.45) is 0 Å². The SMILES string of the molecule is Cc1cc(-c2ccccc2C)c(F)cc1N. The molecule has 0 aliphatic rings. The van der Waals surface area contributed by atoms with E-state index < -0.39 is 0 Å². The van der Waals surface area contributed by atoms with Gasteiger partial charge in [-0.15, -0.1) is 0 Å². The molecule has 0 amide bonds. The van der Waals surface area contributed by atoms with Crippen molar-refractivity contribution in [1.82, 2.24) is 0 Å². The van der Waals surface area contributed by atoms with Crippen LogP contribution in [0.5, 0.6) is 0 Å². The van der Waals surface area contributed by atoms with E-state index in [0.29, 0.717) is 11.3 Å². The number of halogens is 1. The van der Waals surface area contributed by atoms with Crippen LogP contribution in [-0.2, 0) is 0 Å². The van der Waals surface area contributed by atoms with Gasteiger partial charge in [-0.1, -0.05) is 24.3 Å². The number of nitrogens with two attached hydrogens (primary N) is 1. The van der Waals surface area contributed by atoms with Crippen molar-refractivity contribution in [2.45, 2.75) is 13.8 Å². The molecule has 82 valence electrons. The van der Waals surface area contributed by atoms with Crippen molar-refractivity contribution in [3.63, 3.8) is 0 Å². The number of anilines is 1. The van der Waals surface area contributed by atoms with Gasteiger partial charge < -0.3 is 5.73 Å². The van der Waals surface area contributed by atoms with Crippen LogP contribution >= 0.6 is 0 Å². The van der Waals surface area contributed by atoms with Crippen molar-refractivity contribution in [1.29, 1.82) is 0 Å². The number of benzene rings is 2. The molecule has 0 unspecified atom stereocenters. The van der Waals surface area contributed by atoms with Crippen molar-refractivity contribution in [3.05, 3.63) is 53.3 Å². The van der Waals surface area contributed by atoms with Gasteiger partial charge in [0.25, 0.3) is 0 Å². The second-order valence-electron chi connectivity index (χ2n) is 4.00. The molecule has 2 aromatic carbocycles. The maximum absolute atomic E-state index is 13.8. The Morgan fingerprint density at radius 1 is 0.938 bits per heavy atom. The molecule has 0 aliphatic heterocycles. The summed E-state index contributed by atoms with van der Waals surface area (Å²) in [4.78, 5) is 0. The molecule has 2 rings (SSSR count). The van der Waals surface area contributed by atoms with Crippen molar-refractivity contribution in [2.75, 3.05) is 5.73 Å². The van der Waals surface area contributed by atoms with Gasteiger partial charge in [0.2, 0.25) is 0 Å². The molecule has 2 aromatic rings. The smallest absolute Gasteiger partial charge is 0.133 e. The predicted octanol–water partition coefficient (Wildman–Crippen LogP) is 3.69. The second kappa shape index (κ2) is 3.97. The first-order valence-electron chi connectivity index (χ1n) is 5.21. The minimum atomic E-state index is -0.266. The molecule has 0 saturated carbocycles. The van der Waals surface area contributed by atoms with Crippen LogP contribution in [0.3, 0.4) is 0 Å². The molecule has 0 spiro atoms. The lowest BCUT2D eigenvalue weighted by molar-refractivity contribution is 0.631. The molecule has 0 radical (unpaired) electrons. The highest BCUT2D eigenvalue weighted by atomic mass is 19.1. The van der Waals surface area contributed by atoms with Crippen LogP contribution in [0.15, 0.2) is 36.4 Å². The first kappa shape index (κ1) is 10.7. The van der Waals surface area contributed by atoms with E-state index in [1.165, 1.54) is 6.07 Å². The Morgan fingerprint density at radius 2 is 1.62 bits per heavy atom. The third-order valence-corrected chi connectivity index (χ3v) is 2.79. The van der Waals surface area contributed by atoms with Crippen LogP contribution in [0.1, 0.15) is 11.1 Å². The van der Waals surface area contributed by atoms with Crippen LogP contribution in [0.25, 0.3) is 11.1 Å². The topological polar surface area (TPSA) is 26.0 Å². The molecule has 16 heavy (non-hydrogen) atoms. The second-order valence-corrected chi connectivity index (χ2v) is 4.00. The molecule has 0 aromatic heterocycles. The average Bonchev–Trinajstić information content (AvgIpc) is 2.25. The highest BCUT2D eigenvalue weighted by Gasteiger charge is 2.09. The zero-order valence-electron chi connectivity index (χ0n) is 9.42. The summed E-state index contributed by atoms with van der Waals surface area (Å²) in [5, 5.41) is 0. The Kier molecular flexibility index (Phi) is 2.65. The van der Waals surface area contributed by atoms with Crippen molar-refractivity contribution in [3.8, 4) is 11.1 Å². The van der Waals surface area contributed by atoms with Crippen LogP contribution in [0.4, 0.5) is 10.1 Å². The van der Waals surface area contributed by atoms with Gasteiger partial charge in [0.15, 0.2) is 0 Å². The van der Waals surface area contributed by atoms with Crippen molar-refractivity contribution < 1.29 is 4.39 Å². The first-order chi connectivity index (χ1) is 7.59. The molecular formula is C14H14FN. The third kappa shape index (κ3) is 1.78. The van der Waals surface area contributed by atoms with Gasteiger partial charge in [-0.05, 0) is 42.7 Å². The predicted molar refractivity (Wildman–Crippen MR) is 65.7 cm³/mol. The van der Waals surface area contributed by atoms with Gasteiger partial charge in [0, 0.05) is 11.3 Å². The molecule has 0 fully saturated rings. The third-order valence-electron chi connectivity index (χ3n) is 2.79. The maximum atomic E-state index is 13.8. The summed E-state index contributed by atoms with van der Waals surface area (Å²) in [6.07, 6.45) is 0. The number of hydrogen-bond acceptors (Lipinski definition) is 1. The standard InChI is InChI=1S/C14H14FN/c1-9-5-3-4-6-11(9)12-7-10(2)14(16)8-13(12)15/h3-8H,16H2,1-2H3.